The second kappa shape index (κ2) is 8.11. The van der Waals surface area contributed by atoms with Gasteiger partial charge < -0.3 is 19.1 Å². The lowest BCUT2D eigenvalue weighted by Crippen LogP contribution is -2.49. The largest absolute Gasteiger partial charge is 0.368 e. The van der Waals surface area contributed by atoms with Crippen LogP contribution in [0.2, 0.25) is 0 Å². The highest BCUT2D eigenvalue weighted by Gasteiger charge is 2.37. The number of rotatable bonds is 6. The van der Waals surface area contributed by atoms with Crippen LogP contribution >= 0.6 is 11.3 Å². The van der Waals surface area contributed by atoms with Crippen molar-refractivity contribution < 1.29 is 19.0 Å². The zero-order chi connectivity index (χ0) is 17.1. The van der Waals surface area contributed by atoms with Crippen molar-refractivity contribution in [2.24, 2.45) is 0 Å². The van der Waals surface area contributed by atoms with E-state index in [0.29, 0.717) is 13.3 Å². The molecule has 0 radical (unpaired) electrons. The molecule has 0 aromatic carbocycles. The Labute approximate surface area is 151 Å². The quantitative estimate of drug-likeness (QED) is 0.788. The van der Waals surface area contributed by atoms with Crippen LogP contribution in [0.3, 0.4) is 0 Å². The standard InChI is InChI=1S/C17H25N3O4S/c21-17(10-22-12-3-4-14-15(8-12)24-11-23-14)20(16-5-6-18-19-16)9-13-2-1-7-25-13/h1-2,7,12,14-16,18-19H,3-6,8-11H2. The Kier molecular flexibility index (Phi) is 5.64. The van der Waals surface area contributed by atoms with Gasteiger partial charge in [0.2, 0.25) is 5.91 Å². The molecule has 138 valence electrons. The maximum Gasteiger partial charge on any atom is 0.250 e. The number of ether oxygens (including phenoxy) is 3. The number of nitrogens with one attached hydrogen (secondary N) is 2. The third-order valence-electron chi connectivity index (χ3n) is 5.10. The van der Waals surface area contributed by atoms with E-state index >= 15 is 0 Å². The number of carbonyl (C=O) groups excluding carboxylic acids is 1. The molecule has 0 spiro atoms. The summed E-state index contributed by atoms with van der Waals surface area (Å²) in [6.07, 6.45) is 3.99. The fourth-order valence-electron chi connectivity index (χ4n) is 3.72. The van der Waals surface area contributed by atoms with Crippen molar-refractivity contribution in [3.05, 3.63) is 22.4 Å². The number of fused-ring (bicyclic) bond motifs is 1. The molecule has 2 N–H and O–H groups in total. The molecule has 3 heterocycles. The van der Waals surface area contributed by atoms with Crippen LogP contribution in [-0.4, -0.2) is 55.2 Å². The number of nitrogens with zero attached hydrogens (tertiary/aromatic N) is 1. The molecule has 1 amide bonds. The Bertz CT molecular complexity index is 564. The first-order chi connectivity index (χ1) is 12.3. The predicted molar refractivity (Wildman–Crippen MR) is 92.6 cm³/mol. The van der Waals surface area contributed by atoms with Crippen molar-refractivity contribution in [3.8, 4) is 0 Å². The van der Waals surface area contributed by atoms with Crippen LogP contribution in [0.25, 0.3) is 0 Å². The highest BCUT2D eigenvalue weighted by Crippen LogP contribution is 2.30. The second-order valence-corrected chi connectivity index (χ2v) is 7.78. The van der Waals surface area contributed by atoms with E-state index in [1.54, 1.807) is 11.3 Å². The zero-order valence-electron chi connectivity index (χ0n) is 14.2. The number of amides is 1. The van der Waals surface area contributed by atoms with Crippen molar-refractivity contribution in [1.29, 1.82) is 0 Å². The van der Waals surface area contributed by atoms with Crippen LogP contribution in [-0.2, 0) is 25.5 Å². The molecule has 25 heavy (non-hydrogen) atoms. The predicted octanol–water partition coefficient (Wildman–Crippen LogP) is 1.21. The first-order valence-corrected chi connectivity index (χ1v) is 9.82. The summed E-state index contributed by atoms with van der Waals surface area (Å²) in [5.74, 6) is 0.0281. The molecule has 1 aromatic heterocycles. The van der Waals surface area contributed by atoms with Gasteiger partial charge in [0, 0.05) is 17.8 Å². The van der Waals surface area contributed by atoms with Gasteiger partial charge >= 0.3 is 0 Å². The molecule has 4 unspecified atom stereocenters. The van der Waals surface area contributed by atoms with E-state index in [4.69, 9.17) is 14.2 Å². The van der Waals surface area contributed by atoms with E-state index < -0.39 is 0 Å². The topological polar surface area (TPSA) is 72.1 Å². The number of thiophene rings is 1. The fraction of sp³-hybridized carbons (Fsp3) is 0.706. The average molecular weight is 367 g/mol. The third-order valence-corrected chi connectivity index (χ3v) is 5.97. The van der Waals surface area contributed by atoms with E-state index in [2.05, 4.69) is 16.9 Å². The summed E-state index contributed by atoms with van der Waals surface area (Å²) in [5.41, 5.74) is 6.29. The van der Waals surface area contributed by atoms with Gasteiger partial charge in [0.1, 0.15) is 13.4 Å². The molecular formula is C17H25N3O4S. The molecule has 0 bridgehead atoms. The minimum absolute atomic E-state index is 0.0144. The molecule has 1 saturated carbocycles. The Hall–Kier alpha value is -1.03. The van der Waals surface area contributed by atoms with E-state index in [1.807, 2.05) is 16.3 Å². The summed E-state index contributed by atoms with van der Waals surface area (Å²) in [7, 11) is 0. The number of hydrogen-bond acceptors (Lipinski definition) is 7. The van der Waals surface area contributed by atoms with Crippen LogP contribution in [0.15, 0.2) is 17.5 Å². The molecular weight excluding hydrogens is 342 g/mol. The molecule has 1 aromatic rings. The summed E-state index contributed by atoms with van der Waals surface area (Å²) >= 11 is 1.67. The minimum Gasteiger partial charge on any atom is -0.368 e. The monoisotopic (exact) mass is 367 g/mol. The molecule has 4 rings (SSSR count). The molecule has 2 saturated heterocycles. The maximum atomic E-state index is 12.8. The van der Waals surface area contributed by atoms with Crippen LogP contribution in [0.5, 0.6) is 0 Å². The lowest BCUT2D eigenvalue weighted by Gasteiger charge is -2.31. The van der Waals surface area contributed by atoms with Crippen molar-refractivity contribution in [1.82, 2.24) is 15.8 Å². The molecule has 8 heteroatoms. The number of carbonyl (C=O) groups is 1. The average Bonchev–Trinajstić information content (AvgIpc) is 3.39. The molecule has 1 aliphatic carbocycles. The van der Waals surface area contributed by atoms with Gasteiger partial charge in [-0.1, -0.05) is 6.07 Å². The van der Waals surface area contributed by atoms with Crippen molar-refractivity contribution in [2.45, 2.75) is 56.7 Å². The van der Waals surface area contributed by atoms with Gasteiger partial charge in [0.05, 0.1) is 31.0 Å². The Balaban J connectivity index is 1.32. The van der Waals surface area contributed by atoms with Gasteiger partial charge in [-0.15, -0.1) is 11.3 Å². The van der Waals surface area contributed by atoms with Gasteiger partial charge in [-0.2, -0.15) is 0 Å². The normalized spacial score (nSPS) is 31.8. The molecule has 7 nitrogen and oxygen atoms in total. The van der Waals surface area contributed by atoms with Gasteiger partial charge in [-0.25, -0.2) is 5.43 Å². The van der Waals surface area contributed by atoms with Crippen molar-refractivity contribution >= 4 is 17.2 Å². The zero-order valence-corrected chi connectivity index (χ0v) is 15.0. The van der Waals surface area contributed by atoms with E-state index in [-0.39, 0.29) is 37.0 Å². The van der Waals surface area contributed by atoms with E-state index in [1.165, 1.54) is 4.88 Å². The molecule has 4 atom stereocenters. The van der Waals surface area contributed by atoms with Gasteiger partial charge in [-0.05, 0) is 30.7 Å². The van der Waals surface area contributed by atoms with E-state index in [0.717, 1.165) is 32.2 Å². The summed E-state index contributed by atoms with van der Waals surface area (Å²) in [4.78, 5) is 15.9. The third kappa shape index (κ3) is 4.21. The van der Waals surface area contributed by atoms with Crippen molar-refractivity contribution in [2.75, 3.05) is 19.9 Å². The van der Waals surface area contributed by atoms with Crippen LogP contribution < -0.4 is 10.9 Å². The summed E-state index contributed by atoms with van der Waals surface area (Å²) in [6.45, 7) is 1.98. The summed E-state index contributed by atoms with van der Waals surface area (Å²) in [5, 5.41) is 2.04. The lowest BCUT2D eigenvalue weighted by molar-refractivity contribution is -0.143. The Morgan fingerprint density at radius 1 is 1.32 bits per heavy atom. The second-order valence-electron chi connectivity index (χ2n) is 6.75. The highest BCUT2D eigenvalue weighted by atomic mass is 32.1. The first kappa shape index (κ1) is 17.4. The van der Waals surface area contributed by atoms with Gasteiger partial charge in [0.15, 0.2) is 0 Å². The van der Waals surface area contributed by atoms with Crippen molar-refractivity contribution in [3.63, 3.8) is 0 Å². The summed E-state index contributed by atoms with van der Waals surface area (Å²) in [6, 6.07) is 4.08. The van der Waals surface area contributed by atoms with Gasteiger partial charge in [-0.3, -0.25) is 10.2 Å². The van der Waals surface area contributed by atoms with Crippen LogP contribution in [0.1, 0.15) is 30.6 Å². The Morgan fingerprint density at radius 3 is 3.04 bits per heavy atom. The molecule has 3 aliphatic rings. The maximum absolute atomic E-state index is 12.8. The molecule has 3 fully saturated rings. The fourth-order valence-corrected chi connectivity index (χ4v) is 4.42. The lowest BCUT2D eigenvalue weighted by atomic mass is 9.92. The Morgan fingerprint density at radius 2 is 2.24 bits per heavy atom. The number of hydrazine groups is 1. The molecule has 2 aliphatic heterocycles. The number of hydrogen-bond donors (Lipinski definition) is 2. The highest BCUT2D eigenvalue weighted by molar-refractivity contribution is 7.09. The van der Waals surface area contributed by atoms with Gasteiger partial charge in [0.25, 0.3) is 0 Å². The SMILES string of the molecule is O=C(COC1CCC2OCOC2C1)N(Cc1cccs1)C1CCNN1. The minimum atomic E-state index is 0.0144. The van der Waals surface area contributed by atoms with E-state index in [9.17, 15) is 4.79 Å². The van der Waals surface area contributed by atoms with Crippen LogP contribution in [0, 0.1) is 0 Å². The smallest absolute Gasteiger partial charge is 0.250 e. The summed E-state index contributed by atoms with van der Waals surface area (Å²) < 4.78 is 17.0. The first-order valence-electron chi connectivity index (χ1n) is 8.94. The van der Waals surface area contributed by atoms with Crippen LogP contribution in [0.4, 0.5) is 0 Å².